The molecule has 0 radical (unpaired) electrons. The normalized spacial score (nSPS) is 16.7. The first-order valence-electron chi connectivity index (χ1n) is 9.68. The lowest BCUT2D eigenvalue weighted by Gasteiger charge is -2.23. The molecule has 1 heterocycles. The number of methoxy groups -OCH3 is 1. The zero-order chi connectivity index (χ0) is 17.8. The van der Waals surface area contributed by atoms with Crippen LogP contribution in [0.1, 0.15) is 48.9 Å². The maximum absolute atomic E-state index is 6.05. The molecule has 0 saturated heterocycles. The molecule has 1 fully saturated rings. The first-order valence-corrected chi connectivity index (χ1v) is 9.68. The molecule has 0 spiro atoms. The lowest BCUT2D eigenvalue weighted by Crippen LogP contribution is -2.13. The summed E-state index contributed by atoms with van der Waals surface area (Å²) in [6.07, 6.45) is 8.99. The Labute approximate surface area is 155 Å². The molecule has 1 aromatic carbocycles. The summed E-state index contributed by atoms with van der Waals surface area (Å²) >= 11 is 0. The van der Waals surface area contributed by atoms with Crippen LogP contribution in [-0.4, -0.2) is 29.8 Å². The highest BCUT2D eigenvalue weighted by molar-refractivity contribution is 5.67. The summed E-state index contributed by atoms with van der Waals surface area (Å²) in [5.41, 5.74) is 4.48. The molecule has 2 aliphatic carbocycles. The second kappa shape index (κ2) is 8.04. The third-order valence-electron chi connectivity index (χ3n) is 5.23. The Kier molecular flexibility index (Phi) is 5.34. The summed E-state index contributed by atoms with van der Waals surface area (Å²) in [7, 11) is 1.73. The molecule has 0 N–H and O–H groups in total. The zero-order valence-electron chi connectivity index (χ0n) is 15.4. The van der Waals surface area contributed by atoms with Gasteiger partial charge in [-0.05, 0) is 74.0 Å². The van der Waals surface area contributed by atoms with E-state index >= 15 is 0 Å². The first-order chi connectivity index (χ1) is 12.8. The second-order valence-electron chi connectivity index (χ2n) is 7.15. The molecule has 1 saturated carbocycles. The van der Waals surface area contributed by atoms with Crippen molar-refractivity contribution in [2.24, 2.45) is 0 Å². The van der Waals surface area contributed by atoms with Crippen molar-refractivity contribution >= 4 is 11.5 Å². The lowest BCUT2D eigenvalue weighted by molar-refractivity contribution is 0.192. The summed E-state index contributed by atoms with van der Waals surface area (Å²) in [5, 5.41) is 4.81. The smallest absolute Gasteiger partial charge is 0.207 e. The Morgan fingerprint density at radius 3 is 2.62 bits per heavy atom. The third-order valence-corrected chi connectivity index (χ3v) is 5.23. The molecule has 138 valence electrons. The highest BCUT2D eigenvalue weighted by atomic mass is 16.5. The Morgan fingerprint density at radius 2 is 1.85 bits per heavy atom. The van der Waals surface area contributed by atoms with Crippen molar-refractivity contribution in [1.29, 1.82) is 0 Å². The fraction of sp³-hybridized carbons (Fsp3) is 0.524. The van der Waals surface area contributed by atoms with Gasteiger partial charge in [0.1, 0.15) is 6.10 Å². The average Bonchev–Trinajstić information content (AvgIpc) is 3.33. The van der Waals surface area contributed by atoms with Crippen LogP contribution in [0.25, 0.3) is 5.32 Å². The highest BCUT2D eigenvalue weighted by Gasteiger charge is 2.19. The molecule has 0 amide bonds. The minimum absolute atomic E-state index is 0.266. The summed E-state index contributed by atoms with van der Waals surface area (Å²) in [5.74, 6) is 0.783. The molecule has 2 aliphatic rings. The molecule has 0 atom stereocenters. The Morgan fingerprint density at radius 1 is 1.04 bits per heavy atom. The molecule has 0 bridgehead atoms. The quantitative estimate of drug-likeness (QED) is 0.717. The first kappa shape index (κ1) is 17.3. The number of fused-ring (bicyclic) bond motifs is 1. The number of rotatable bonds is 7. The van der Waals surface area contributed by atoms with Crippen molar-refractivity contribution in [3.63, 3.8) is 0 Å². The van der Waals surface area contributed by atoms with Gasteiger partial charge in [0.25, 0.3) is 0 Å². The van der Waals surface area contributed by atoms with E-state index in [1.165, 1.54) is 24.0 Å². The van der Waals surface area contributed by atoms with Crippen molar-refractivity contribution in [2.45, 2.75) is 57.5 Å². The predicted octanol–water partition coefficient (Wildman–Crippen LogP) is 4.81. The van der Waals surface area contributed by atoms with Crippen molar-refractivity contribution in [1.82, 2.24) is 9.97 Å². The van der Waals surface area contributed by atoms with E-state index in [1.807, 2.05) is 12.1 Å². The van der Waals surface area contributed by atoms with Gasteiger partial charge in [-0.1, -0.05) is 24.3 Å². The van der Waals surface area contributed by atoms with Crippen molar-refractivity contribution in [3.8, 4) is 6.01 Å². The molecule has 1 aromatic heterocycles. The molecular formula is C21H26N3O2-. The topological polar surface area (TPSA) is 58.3 Å². The van der Waals surface area contributed by atoms with Crippen LogP contribution in [0.2, 0.25) is 0 Å². The SMILES string of the molecule is COCCc1ccc([N-]c2nc(OC3CCCC3)nc3c2CCC3)cc1. The van der Waals surface area contributed by atoms with Gasteiger partial charge in [0, 0.05) is 12.8 Å². The van der Waals surface area contributed by atoms with Crippen molar-refractivity contribution in [2.75, 3.05) is 13.7 Å². The van der Waals surface area contributed by atoms with E-state index in [4.69, 9.17) is 14.8 Å². The van der Waals surface area contributed by atoms with Crippen LogP contribution in [-0.2, 0) is 24.0 Å². The Hall–Kier alpha value is -2.14. The van der Waals surface area contributed by atoms with Crippen molar-refractivity contribution in [3.05, 3.63) is 46.4 Å². The van der Waals surface area contributed by atoms with E-state index < -0.39 is 0 Å². The summed E-state index contributed by atoms with van der Waals surface area (Å²) in [6.45, 7) is 0.734. The van der Waals surface area contributed by atoms with Crippen molar-refractivity contribution < 1.29 is 9.47 Å². The molecule has 0 aliphatic heterocycles. The van der Waals surface area contributed by atoms with E-state index in [9.17, 15) is 0 Å². The van der Waals surface area contributed by atoms with Gasteiger partial charge in [-0.3, -0.25) is 0 Å². The Balaban J connectivity index is 1.52. The molecule has 2 aromatic rings. The molecular weight excluding hydrogens is 326 g/mol. The van der Waals surface area contributed by atoms with Gasteiger partial charge in [-0.15, -0.1) is 0 Å². The van der Waals surface area contributed by atoms with Gasteiger partial charge < -0.3 is 19.8 Å². The monoisotopic (exact) mass is 352 g/mol. The molecule has 4 rings (SSSR count). The number of aryl methyl sites for hydroxylation is 1. The third kappa shape index (κ3) is 3.98. The second-order valence-corrected chi connectivity index (χ2v) is 7.15. The summed E-state index contributed by atoms with van der Waals surface area (Å²) in [6, 6.07) is 8.82. The standard InChI is InChI=1S/C21H26N3O2/c1-25-14-13-15-9-11-16(12-10-15)22-20-18-7-4-8-19(18)23-21(24-20)26-17-5-2-3-6-17/h9-12,17H,2-8,13-14H2,1H3/q-1. The van der Waals surface area contributed by atoms with E-state index in [2.05, 4.69) is 22.1 Å². The maximum atomic E-state index is 6.05. The van der Waals surface area contributed by atoms with E-state index in [0.717, 1.165) is 62.3 Å². The number of hydrogen-bond acceptors (Lipinski definition) is 4. The fourth-order valence-electron chi connectivity index (χ4n) is 3.77. The largest absolute Gasteiger partial charge is 0.477 e. The molecule has 26 heavy (non-hydrogen) atoms. The van der Waals surface area contributed by atoms with Crippen LogP contribution >= 0.6 is 0 Å². The van der Waals surface area contributed by atoms with Crippen LogP contribution < -0.4 is 4.74 Å². The minimum atomic E-state index is 0.266. The van der Waals surface area contributed by atoms with Crippen LogP contribution in [0.4, 0.5) is 11.5 Å². The van der Waals surface area contributed by atoms with Crippen LogP contribution in [0.5, 0.6) is 6.01 Å². The molecule has 0 unspecified atom stereocenters. The maximum Gasteiger partial charge on any atom is 0.207 e. The van der Waals surface area contributed by atoms with Crippen LogP contribution in [0, 0.1) is 0 Å². The minimum Gasteiger partial charge on any atom is -0.477 e. The predicted molar refractivity (Wildman–Crippen MR) is 102 cm³/mol. The number of ether oxygens (including phenoxy) is 2. The van der Waals surface area contributed by atoms with Gasteiger partial charge in [-0.2, -0.15) is 0 Å². The van der Waals surface area contributed by atoms with Gasteiger partial charge in [0.05, 0.1) is 6.61 Å². The van der Waals surface area contributed by atoms with Gasteiger partial charge >= 0.3 is 0 Å². The van der Waals surface area contributed by atoms with Crippen LogP contribution in [0.15, 0.2) is 24.3 Å². The van der Waals surface area contributed by atoms with E-state index in [1.54, 1.807) is 7.11 Å². The lowest BCUT2D eigenvalue weighted by atomic mass is 10.1. The fourth-order valence-corrected chi connectivity index (χ4v) is 3.77. The molecule has 5 heteroatoms. The zero-order valence-corrected chi connectivity index (χ0v) is 15.4. The van der Waals surface area contributed by atoms with Gasteiger partial charge in [0.15, 0.2) is 0 Å². The number of aromatic nitrogens is 2. The molecule has 5 nitrogen and oxygen atoms in total. The highest BCUT2D eigenvalue weighted by Crippen LogP contribution is 2.38. The number of nitrogens with zero attached hydrogens (tertiary/aromatic N) is 3. The Bertz CT molecular complexity index is 740. The van der Waals surface area contributed by atoms with E-state index in [0.29, 0.717) is 6.01 Å². The summed E-state index contributed by atoms with van der Waals surface area (Å²) in [4.78, 5) is 9.31. The van der Waals surface area contributed by atoms with Gasteiger partial charge in [-0.25, -0.2) is 4.98 Å². The number of hydrogen-bond donors (Lipinski definition) is 0. The van der Waals surface area contributed by atoms with Gasteiger partial charge in [0.2, 0.25) is 6.01 Å². The van der Waals surface area contributed by atoms with E-state index in [-0.39, 0.29) is 6.10 Å². The van der Waals surface area contributed by atoms with Crippen LogP contribution in [0.3, 0.4) is 0 Å². The number of benzene rings is 1. The summed E-state index contributed by atoms with van der Waals surface area (Å²) < 4.78 is 11.2. The average molecular weight is 352 g/mol.